The van der Waals surface area contributed by atoms with E-state index in [9.17, 15) is 0 Å². The van der Waals surface area contributed by atoms with Gasteiger partial charge in [-0.25, -0.2) is 0 Å². The lowest BCUT2D eigenvalue weighted by atomic mass is 9.94. The molecular formula is C118H79N3O3. The van der Waals surface area contributed by atoms with Gasteiger partial charge in [0.15, 0.2) is 0 Å². The van der Waals surface area contributed by atoms with Crippen LogP contribution in [0.1, 0.15) is 0 Å². The fourth-order valence-corrected chi connectivity index (χ4v) is 17.7. The molecule has 3 heterocycles. The first kappa shape index (κ1) is 73.8. The highest BCUT2D eigenvalue weighted by Gasteiger charge is 2.20. The van der Waals surface area contributed by atoms with E-state index in [2.05, 4.69) is 465 Å². The largest absolute Gasteiger partial charge is 0.455 e. The second-order valence-corrected chi connectivity index (χ2v) is 31.6. The van der Waals surface area contributed by atoms with Crippen LogP contribution in [0, 0.1) is 0 Å². The number of para-hydroxylation sites is 3. The van der Waals surface area contributed by atoms with Gasteiger partial charge in [-0.15, -0.1) is 0 Å². The van der Waals surface area contributed by atoms with Crippen LogP contribution in [0.5, 0.6) is 0 Å². The molecule has 0 saturated carbocycles. The van der Waals surface area contributed by atoms with Gasteiger partial charge in [-0.2, -0.15) is 0 Å². The lowest BCUT2D eigenvalue weighted by molar-refractivity contribution is 0.670. The van der Waals surface area contributed by atoms with Crippen molar-refractivity contribution in [1.82, 2.24) is 0 Å². The van der Waals surface area contributed by atoms with Crippen molar-refractivity contribution in [3.8, 4) is 89.0 Å². The molecule has 0 unspecified atom stereocenters. The molecule has 0 amide bonds. The predicted octanol–water partition coefficient (Wildman–Crippen LogP) is 33.9. The van der Waals surface area contributed by atoms with Gasteiger partial charge in [-0.05, 0) is 214 Å². The van der Waals surface area contributed by atoms with Crippen LogP contribution in [-0.4, -0.2) is 0 Å². The molecule has 21 aromatic carbocycles. The van der Waals surface area contributed by atoms with E-state index in [0.29, 0.717) is 0 Å². The number of benzene rings is 21. The van der Waals surface area contributed by atoms with Gasteiger partial charge in [0.05, 0.1) is 0 Å². The Morgan fingerprint density at radius 3 is 1.01 bits per heavy atom. The molecule has 24 rings (SSSR count). The second-order valence-electron chi connectivity index (χ2n) is 31.6. The number of hydrogen-bond donors (Lipinski definition) is 3. The molecule has 6 heteroatoms. The van der Waals surface area contributed by atoms with Crippen LogP contribution in [0.25, 0.3) is 198 Å². The molecule has 0 fully saturated rings. The normalized spacial score (nSPS) is 11.4. The van der Waals surface area contributed by atoms with E-state index >= 15 is 0 Å². The molecule has 124 heavy (non-hydrogen) atoms. The highest BCUT2D eigenvalue weighted by molar-refractivity contribution is 6.23. The molecule has 3 aromatic heterocycles. The van der Waals surface area contributed by atoms with Gasteiger partial charge < -0.3 is 29.2 Å². The molecule has 6 nitrogen and oxygen atoms in total. The molecule has 584 valence electrons. The van der Waals surface area contributed by atoms with Crippen LogP contribution < -0.4 is 16.0 Å². The average Bonchev–Trinajstić information content (AvgIpc) is 1.64. The van der Waals surface area contributed by atoms with E-state index in [0.717, 1.165) is 150 Å². The minimum atomic E-state index is 0.915. The van der Waals surface area contributed by atoms with Crippen molar-refractivity contribution in [2.45, 2.75) is 0 Å². The molecule has 0 bridgehead atoms. The number of anilines is 6. The van der Waals surface area contributed by atoms with E-state index in [1.165, 1.54) is 82.2 Å². The lowest BCUT2D eigenvalue weighted by Crippen LogP contribution is -1.91. The summed E-state index contributed by atoms with van der Waals surface area (Å²) in [5.74, 6) is 0. The van der Waals surface area contributed by atoms with E-state index < -0.39 is 0 Å². The molecule has 0 radical (unpaired) electrons. The number of nitrogens with one attached hydrogen (secondary N) is 3. The quantitative estimate of drug-likeness (QED) is 0.101. The Kier molecular flexibility index (Phi) is 19.2. The molecule has 3 N–H and O–H groups in total. The van der Waals surface area contributed by atoms with Crippen LogP contribution in [0.15, 0.2) is 474 Å². The Bertz CT molecular complexity index is 8090. The van der Waals surface area contributed by atoms with Gasteiger partial charge in [-0.1, -0.05) is 352 Å². The minimum Gasteiger partial charge on any atom is -0.455 e. The van der Waals surface area contributed by atoms with E-state index in [4.69, 9.17) is 13.3 Å². The van der Waals surface area contributed by atoms with E-state index in [1.54, 1.807) is 0 Å². The SMILES string of the molecule is c1cc(Nc2ccc3ccccc3c2)cc(-c2cccc(-c3cc4ccccc4c4c3oc3ccccc34)c2)c1.c1ccc(-c2ccc(-c3ccc(Nc4ccc(-c5cccc6c5oc5c7ccccc7ccc65)cc4)cc3)cc2)cc1.c1ccc(-c2cccc(-c3ccc(Nc4ccc(-c5cccc6c5oc5c7ccccc7ccc65)cc4)cc3)c2)cc1. The number of rotatable bonds is 14. The zero-order valence-corrected chi connectivity index (χ0v) is 67.6. The van der Waals surface area contributed by atoms with Crippen molar-refractivity contribution < 1.29 is 13.3 Å². The Hall–Kier alpha value is -16.5. The molecular weight excluding hydrogens is 1510 g/mol. The summed E-state index contributed by atoms with van der Waals surface area (Å²) >= 11 is 0. The van der Waals surface area contributed by atoms with Crippen molar-refractivity contribution in [2.75, 3.05) is 16.0 Å². The van der Waals surface area contributed by atoms with Gasteiger partial charge in [0.25, 0.3) is 0 Å². The predicted molar refractivity (Wildman–Crippen MR) is 524 cm³/mol. The molecule has 0 aliphatic carbocycles. The summed E-state index contributed by atoms with van der Waals surface area (Å²) in [5.41, 5.74) is 30.7. The fourth-order valence-electron chi connectivity index (χ4n) is 17.7. The Labute approximate surface area is 717 Å². The first-order valence-corrected chi connectivity index (χ1v) is 42.1. The summed E-state index contributed by atoms with van der Waals surface area (Å²) in [4.78, 5) is 0. The molecule has 0 atom stereocenters. The van der Waals surface area contributed by atoms with Crippen LogP contribution in [0.4, 0.5) is 34.1 Å². The summed E-state index contributed by atoms with van der Waals surface area (Å²) in [6.45, 7) is 0. The van der Waals surface area contributed by atoms with Crippen LogP contribution in [0.2, 0.25) is 0 Å². The fraction of sp³-hybridized carbons (Fsp3) is 0. The van der Waals surface area contributed by atoms with Crippen LogP contribution in [-0.2, 0) is 0 Å². The summed E-state index contributed by atoms with van der Waals surface area (Å²) in [5, 5.41) is 27.2. The smallest absolute Gasteiger partial charge is 0.143 e. The highest BCUT2D eigenvalue weighted by Crippen LogP contribution is 2.45. The number of hydrogen-bond acceptors (Lipinski definition) is 6. The van der Waals surface area contributed by atoms with Crippen LogP contribution in [0.3, 0.4) is 0 Å². The average molecular weight is 1590 g/mol. The van der Waals surface area contributed by atoms with Crippen molar-refractivity contribution in [3.63, 3.8) is 0 Å². The van der Waals surface area contributed by atoms with Crippen molar-refractivity contribution >= 4 is 143 Å². The van der Waals surface area contributed by atoms with Crippen LogP contribution >= 0.6 is 0 Å². The van der Waals surface area contributed by atoms with Crippen molar-refractivity contribution in [3.05, 3.63) is 461 Å². The van der Waals surface area contributed by atoms with Crippen molar-refractivity contribution in [2.24, 2.45) is 0 Å². The topological polar surface area (TPSA) is 75.5 Å². The second kappa shape index (κ2) is 32.3. The summed E-state index contributed by atoms with van der Waals surface area (Å²) in [6, 6.07) is 163. The summed E-state index contributed by atoms with van der Waals surface area (Å²) < 4.78 is 19.6. The van der Waals surface area contributed by atoms with E-state index in [1.807, 2.05) is 12.1 Å². The zero-order valence-electron chi connectivity index (χ0n) is 67.6. The first-order valence-electron chi connectivity index (χ1n) is 42.1. The van der Waals surface area contributed by atoms with E-state index in [-0.39, 0.29) is 0 Å². The summed E-state index contributed by atoms with van der Waals surface area (Å²) in [7, 11) is 0. The summed E-state index contributed by atoms with van der Waals surface area (Å²) in [6.07, 6.45) is 0. The minimum absolute atomic E-state index is 0.915. The van der Waals surface area contributed by atoms with Gasteiger partial charge in [0.2, 0.25) is 0 Å². The molecule has 0 aliphatic rings. The third-order valence-corrected chi connectivity index (χ3v) is 23.9. The first-order chi connectivity index (χ1) is 61.4. The molecule has 24 aromatic rings. The molecule has 0 spiro atoms. The highest BCUT2D eigenvalue weighted by atomic mass is 16.3. The third-order valence-electron chi connectivity index (χ3n) is 23.9. The van der Waals surface area contributed by atoms with Crippen molar-refractivity contribution in [1.29, 1.82) is 0 Å². The maximum Gasteiger partial charge on any atom is 0.143 e. The lowest BCUT2D eigenvalue weighted by Gasteiger charge is -2.11. The van der Waals surface area contributed by atoms with Gasteiger partial charge >= 0.3 is 0 Å². The zero-order chi connectivity index (χ0) is 82.2. The monoisotopic (exact) mass is 1590 g/mol. The Balaban J connectivity index is 0.000000111. The molecule has 0 aliphatic heterocycles. The van der Waals surface area contributed by atoms with Gasteiger partial charge in [0.1, 0.15) is 33.5 Å². The third kappa shape index (κ3) is 14.5. The molecule has 0 saturated heterocycles. The van der Waals surface area contributed by atoms with Gasteiger partial charge in [-0.3, -0.25) is 0 Å². The standard InChI is InChI=1S/2C40H27NO.C38H25NO/c1-2-8-27(9-3-1)31-11-6-12-32(26-31)28-16-21-33(22-17-28)41-34-23-18-30(19-24-34)36-14-7-15-37-38-25-20-29-10-4-5-13-35(29)40(38)42-39(36)37;1-2-7-27(8-3-1)28-13-15-29(16-14-28)30-17-22-33(23-18-30)41-34-24-19-32(20-25-34)36-11-6-12-37-38-26-21-31-9-4-5-10-35(31)40(38)42-39(36)37;1-2-10-27-22-32(20-19-25(27)9-1)39-31-15-8-13-28(23-31)26-12-7-14-29(21-26)35-24-30-11-3-4-16-33(30)37-34-17-5-6-18-36(34)40-38(35)37/h2*1-26,41H;1-24,39H. The van der Waals surface area contributed by atoms with Gasteiger partial charge in [0, 0.05) is 93.9 Å². The maximum atomic E-state index is 6.54. The maximum absolute atomic E-state index is 6.54. The Morgan fingerprint density at radius 2 is 0.468 bits per heavy atom. The number of furan rings is 3. The number of fused-ring (bicyclic) bond motifs is 16. The Morgan fingerprint density at radius 1 is 0.137 bits per heavy atom.